The van der Waals surface area contributed by atoms with Crippen molar-refractivity contribution in [1.82, 2.24) is 5.32 Å². The van der Waals surface area contributed by atoms with E-state index in [1.165, 1.54) is 6.42 Å². The normalized spacial score (nSPS) is 29.9. The zero-order valence-electron chi connectivity index (χ0n) is 10.7. The lowest BCUT2D eigenvalue weighted by molar-refractivity contribution is -0.123. The summed E-state index contributed by atoms with van der Waals surface area (Å²) in [6.07, 6.45) is 6.01. The molecule has 0 aromatic rings. The minimum absolute atomic E-state index is 0.0797. The number of sulfone groups is 1. The molecule has 0 spiro atoms. The predicted octanol–water partition coefficient (Wildman–Crippen LogP) is 0.341. The van der Waals surface area contributed by atoms with Gasteiger partial charge < -0.3 is 11.1 Å². The smallest absolute Gasteiger partial charge is 0.222 e. The van der Waals surface area contributed by atoms with Gasteiger partial charge in [-0.2, -0.15) is 0 Å². The van der Waals surface area contributed by atoms with Crippen LogP contribution in [0.3, 0.4) is 0 Å². The van der Waals surface area contributed by atoms with Crippen LogP contribution >= 0.6 is 0 Å². The van der Waals surface area contributed by atoms with Crippen LogP contribution in [0.2, 0.25) is 0 Å². The van der Waals surface area contributed by atoms with Crippen molar-refractivity contribution >= 4 is 15.7 Å². The summed E-state index contributed by atoms with van der Waals surface area (Å²) >= 11 is 0. The van der Waals surface area contributed by atoms with Crippen molar-refractivity contribution in [3.63, 3.8) is 0 Å². The second-order valence-corrected chi connectivity index (χ2v) is 8.00. The third-order valence-electron chi connectivity index (χ3n) is 3.96. The molecule has 2 rings (SSSR count). The number of hydrogen-bond acceptors (Lipinski definition) is 4. The molecule has 0 radical (unpaired) electrons. The maximum absolute atomic E-state index is 11.9. The first-order valence-electron chi connectivity index (χ1n) is 6.67. The Kier molecular flexibility index (Phi) is 3.96. The molecule has 5 nitrogen and oxygen atoms in total. The molecule has 18 heavy (non-hydrogen) atoms. The molecule has 0 aromatic heterocycles. The third kappa shape index (κ3) is 3.68. The molecular formula is C12H22N2O3S. The van der Waals surface area contributed by atoms with Gasteiger partial charge in [0.15, 0.2) is 9.84 Å². The van der Waals surface area contributed by atoms with Crippen LogP contribution in [-0.2, 0) is 14.6 Å². The fraction of sp³-hybridized carbons (Fsp3) is 0.917. The Labute approximate surface area is 108 Å². The molecule has 1 unspecified atom stereocenters. The zero-order valence-corrected chi connectivity index (χ0v) is 11.5. The van der Waals surface area contributed by atoms with Gasteiger partial charge in [-0.05, 0) is 19.3 Å². The van der Waals surface area contributed by atoms with E-state index in [0.717, 1.165) is 25.7 Å². The lowest BCUT2D eigenvalue weighted by Gasteiger charge is -2.33. The maximum atomic E-state index is 11.9. The highest BCUT2D eigenvalue weighted by atomic mass is 32.2. The summed E-state index contributed by atoms with van der Waals surface area (Å²) in [5.41, 5.74) is 5.83. The van der Waals surface area contributed by atoms with E-state index in [1.54, 1.807) is 0 Å². The fourth-order valence-electron chi connectivity index (χ4n) is 2.94. The Balaban J connectivity index is 1.82. The number of amides is 1. The standard InChI is InChI=1S/C12H22N2O3S/c13-12(5-2-1-3-6-12)8-11(15)14-10-4-7-18(16,17)9-10/h10H,1-9,13H2,(H,14,15). The first-order chi connectivity index (χ1) is 8.39. The first-order valence-corrected chi connectivity index (χ1v) is 8.49. The molecule has 1 saturated heterocycles. The van der Waals surface area contributed by atoms with Crippen molar-refractivity contribution in [3.8, 4) is 0 Å². The lowest BCUT2D eigenvalue weighted by Crippen LogP contribution is -2.47. The number of carbonyl (C=O) groups is 1. The van der Waals surface area contributed by atoms with Crippen LogP contribution in [0.15, 0.2) is 0 Å². The topological polar surface area (TPSA) is 89.3 Å². The molecule has 3 N–H and O–H groups in total. The van der Waals surface area contributed by atoms with Gasteiger partial charge in [0.25, 0.3) is 0 Å². The van der Waals surface area contributed by atoms with Crippen LogP contribution in [0.4, 0.5) is 0 Å². The Hall–Kier alpha value is -0.620. The number of nitrogens with one attached hydrogen (secondary N) is 1. The van der Waals surface area contributed by atoms with E-state index in [9.17, 15) is 13.2 Å². The molecule has 1 atom stereocenters. The highest BCUT2D eigenvalue weighted by Crippen LogP contribution is 2.28. The Morgan fingerprint density at radius 3 is 2.50 bits per heavy atom. The Morgan fingerprint density at radius 2 is 1.94 bits per heavy atom. The summed E-state index contributed by atoms with van der Waals surface area (Å²) < 4.78 is 22.6. The molecule has 0 aromatic carbocycles. The van der Waals surface area contributed by atoms with Gasteiger partial charge in [-0.1, -0.05) is 19.3 Å². The van der Waals surface area contributed by atoms with Crippen molar-refractivity contribution in [2.24, 2.45) is 5.73 Å². The lowest BCUT2D eigenvalue weighted by atomic mass is 9.80. The number of rotatable bonds is 3. The monoisotopic (exact) mass is 274 g/mol. The van der Waals surface area contributed by atoms with Crippen molar-refractivity contribution < 1.29 is 13.2 Å². The van der Waals surface area contributed by atoms with Crippen LogP contribution in [0, 0.1) is 0 Å². The average molecular weight is 274 g/mol. The van der Waals surface area contributed by atoms with Crippen LogP contribution in [0.1, 0.15) is 44.9 Å². The summed E-state index contributed by atoms with van der Waals surface area (Å²) in [6.45, 7) is 0. The minimum Gasteiger partial charge on any atom is -0.352 e. The van der Waals surface area contributed by atoms with E-state index in [1.807, 2.05) is 0 Å². The van der Waals surface area contributed by atoms with E-state index < -0.39 is 9.84 Å². The molecule has 0 bridgehead atoms. The van der Waals surface area contributed by atoms with Crippen molar-refractivity contribution in [2.75, 3.05) is 11.5 Å². The molecule has 104 valence electrons. The van der Waals surface area contributed by atoms with Gasteiger partial charge in [-0.15, -0.1) is 0 Å². The SMILES string of the molecule is NC1(CC(=O)NC2CCS(=O)(=O)C2)CCCCC1. The second-order valence-electron chi connectivity index (χ2n) is 5.77. The summed E-state index contributed by atoms with van der Waals surface area (Å²) in [6, 6.07) is -0.213. The zero-order chi connectivity index (χ0) is 13.2. The van der Waals surface area contributed by atoms with Gasteiger partial charge in [0, 0.05) is 18.0 Å². The van der Waals surface area contributed by atoms with Gasteiger partial charge in [0.2, 0.25) is 5.91 Å². The predicted molar refractivity (Wildman–Crippen MR) is 69.8 cm³/mol. The molecule has 1 aliphatic heterocycles. The largest absolute Gasteiger partial charge is 0.352 e. The highest BCUT2D eigenvalue weighted by molar-refractivity contribution is 7.91. The van der Waals surface area contributed by atoms with Crippen molar-refractivity contribution in [3.05, 3.63) is 0 Å². The Bertz CT molecular complexity index is 413. The molecule has 6 heteroatoms. The Morgan fingerprint density at radius 1 is 1.28 bits per heavy atom. The van der Waals surface area contributed by atoms with Crippen molar-refractivity contribution in [2.45, 2.75) is 56.5 Å². The maximum Gasteiger partial charge on any atom is 0.222 e. The quantitative estimate of drug-likeness (QED) is 0.776. The minimum atomic E-state index is -2.94. The average Bonchev–Trinajstić information content (AvgIpc) is 2.57. The van der Waals surface area contributed by atoms with Crippen LogP contribution in [-0.4, -0.2) is 37.4 Å². The van der Waals surface area contributed by atoms with Crippen LogP contribution in [0.5, 0.6) is 0 Å². The number of nitrogens with two attached hydrogens (primary N) is 1. The summed E-state index contributed by atoms with van der Waals surface area (Å²) in [5, 5.41) is 2.81. The molecule has 2 aliphatic rings. The molecule has 1 heterocycles. The molecule has 1 saturated carbocycles. The summed E-state index contributed by atoms with van der Waals surface area (Å²) in [5.74, 6) is 0.170. The van der Waals surface area contributed by atoms with Gasteiger partial charge >= 0.3 is 0 Å². The molecule has 2 fully saturated rings. The van der Waals surface area contributed by atoms with E-state index >= 15 is 0 Å². The van der Waals surface area contributed by atoms with E-state index in [2.05, 4.69) is 5.32 Å². The van der Waals surface area contributed by atoms with Gasteiger partial charge in [0.05, 0.1) is 11.5 Å². The second kappa shape index (κ2) is 5.17. The highest BCUT2D eigenvalue weighted by Gasteiger charge is 2.33. The van der Waals surface area contributed by atoms with Gasteiger partial charge in [0.1, 0.15) is 0 Å². The van der Waals surface area contributed by atoms with E-state index in [0.29, 0.717) is 12.8 Å². The summed E-state index contributed by atoms with van der Waals surface area (Å²) in [4.78, 5) is 11.9. The van der Waals surface area contributed by atoms with Crippen LogP contribution < -0.4 is 11.1 Å². The molecule has 1 amide bonds. The van der Waals surface area contributed by atoms with Crippen LogP contribution in [0.25, 0.3) is 0 Å². The molecule has 1 aliphatic carbocycles. The van der Waals surface area contributed by atoms with E-state index in [-0.39, 0.29) is 29.0 Å². The summed E-state index contributed by atoms with van der Waals surface area (Å²) in [7, 11) is -2.94. The van der Waals surface area contributed by atoms with Gasteiger partial charge in [-0.3, -0.25) is 4.79 Å². The van der Waals surface area contributed by atoms with Crippen molar-refractivity contribution in [1.29, 1.82) is 0 Å². The van der Waals surface area contributed by atoms with Gasteiger partial charge in [-0.25, -0.2) is 8.42 Å². The van der Waals surface area contributed by atoms with E-state index in [4.69, 9.17) is 5.73 Å². The fourth-order valence-corrected chi connectivity index (χ4v) is 4.61. The number of hydrogen-bond donors (Lipinski definition) is 2. The number of carbonyl (C=O) groups excluding carboxylic acids is 1. The molecular weight excluding hydrogens is 252 g/mol. The first kappa shape index (κ1) is 13.8. The third-order valence-corrected chi connectivity index (χ3v) is 5.73.